The van der Waals surface area contributed by atoms with E-state index in [2.05, 4.69) is 4.99 Å². The Morgan fingerprint density at radius 1 is 1.29 bits per heavy atom. The quantitative estimate of drug-likeness (QED) is 0.261. The molecule has 3 saturated heterocycles. The Labute approximate surface area is 204 Å². The summed E-state index contributed by atoms with van der Waals surface area (Å²) in [6.07, 6.45) is 0.962. The number of phenols is 2. The van der Waals surface area contributed by atoms with Crippen molar-refractivity contribution in [1.82, 2.24) is 9.80 Å². The molecule has 35 heavy (non-hydrogen) atoms. The van der Waals surface area contributed by atoms with Gasteiger partial charge in [-0.05, 0) is 25.5 Å². The summed E-state index contributed by atoms with van der Waals surface area (Å²) in [6, 6.07) is 0.748. The number of likely N-dealkylation sites (tertiary alicyclic amines) is 1. The lowest BCUT2D eigenvalue weighted by atomic mass is 9.97. The topological polar surface area (TPSA) is 182 Å². The molecule has 4 rings (SSSR count). The largest absolute Gasteiger partial charge is 0.504 e. The molecule has 1 unspecified atom stereocenters. The van der Waals surface area contributed by atoms with Gasteiger partial charge in [0.25, 0.3) is 5.91 Å². The van der Waals surface area contributed by atoms with Crippen molar-refractivity contribution < 1.29 is 42.9 Å². The van der Waals surface area contributed by atoms with Gasteiger partial charge in [-0.15, -0.1) is 0 Å². The number of Topliss-reactive ketones (excluding diaryl/α,β-unsaturated/α-hetero) is 1. The molecule has 3 aliphatic heterocycles. The normalized spacial score (nSPS) is 29.3. The number of amides is 2. The second kappa shape index (κ2) is 8.48. The Balaban J connectivity index is 1.43. The van der Waals surface area contributed by atoms with Crippen LogP contribution in [0, 0.1) is 5.92 Å². The average Bonchev–Trinajstić information content (AvgIpc) is 3.33. The Morgan fingerprint density at radius 2 is 1.97 bits per heavy atom. The number of rotatable bonds is 6. The number of nitrogens with zero attached hydrogens (tertiary/aromatic N) is 3. The van der Waals surface area contributed by atoms with E-state index in [0.717, 1.165) is 17.2 Å². The zero-order valence-electron chi connectivity index (χ0n) is 18.4. The molecule has 0 radical (unpaired) electrons. The van der Waals surface area contributed by atoms with Gasteiger partial charge in [-0.25, -0.2) is 13.2 Å². The molecule has 4 atom stereocenters. The minimum Gasteiger partial charge on any atom is -0.504 e. The first-order valence-electron chi connectivity index (χ1n) is 10.6. The summed E-state index contributed by atoms with van der Waals surface area (Å²) in [4.78, 5) is 55.2. The monoisotopic (exact) mass is 527 g/mol. The number of ketones is 1. The molecule has 0 saturated carbocycles. The number of benzene rings is 1. The highest BCUT2D eigenvalue weighted by molar-refractivity contribution is 7.94. The molecule has 0 bridgehead atoms. The van der Waals surface area contributed by atoms with E-state index >= 15 is 0 Å². The number of hydrogen-bond donors (Lipinski definition) is 3. The van der Waals surface area contributed by atoms with Gasteiger partial charge < -0.3 is 25.1 Å². The van der Waals surface area contributed by atoms with Crippen molar-refractivity contribution >= 4 is 51.2 Å². The number of carboxylic acids is 1. The Kier molecular flexibility index (Phi) is 6.04. The van der Waals surface area contributed by atoms with E-state index in [-0.39, 0.29) is 35.9 Å². The number of sulfone groups is 1. The molecule has 2 amide bonds. The van der Waals surface area contributed by atoms with E-state index in [1.807, 2.05) is 0 Å². The van der Waals surface area contributed by atoms with Crippen LogP contribution in [0.3, 0.4) is 0 Å². The maximum Gasteiger partial charge on any atom is 0.328 e. The fourth-order valence-corrected chi connectivity index (χ4v) is 7.22. The van der Waals surface area contributed by atoms with Crippen LogP contribution in [0.4, 0.5) is 0 Å². The third kappa shape index (κ3) is 3.73. The molecule has 188 valence electrons. The molecule has 3 fully saturated rings. The number of fused-ring (bicyclic) bond motifs is 1. The zero-order chi connectivity index (χ0) is 25.9. The van der Waals surface area contributed by atoms with Crippen molar-refractivity contribution in [3.05, 3.63) is 22.7 Å². The number of aliphatic carboxylic acids is 1. The van der Waals surface area contributed by atoms with Crippen LogP contribution in [0.1, 0.15) is 30.1 Å². The third-order valence-corrected chi connectivity index (χ3v) is 9.87. The van der Waals surface area contributed by atoms with E-state index in [1.54, 1.807) is 0 Å². The van der Waals surface area contributed by atoms with E-state index < -0.39 is 67.7 Å². The lowest BCUT2D eigenvalue weighted by Crippen LogP contribution is -2.57. The van der Waals surface area contributed by atoms with Gasteiger partial charge in [0.1, 0.15) is 10.1 Å². The Morgan fingerprint density at radius 3 is 2.60 bits per heavy atom. The number of phenolic OH excluding ortho intramolecular Hbond substituents is 2. The SMILES string of the molecule is C[C@]1(C=NCC(=O)C2CCN(C(=O)c3ccc(O)c(O)c3Cl)C2)[C@H](C(=O)O)N2C(=O)C[C@H]2S1(=O)=O. The first kappa shape index (κ1) is 24.9. The number of carbonyl (C=O) groups is 4. The Bertz CT molecular complexity index is 1280. The van der Waals surface area contributed by atoms with Crippen molar-refractivity contribution in [2.24, 2.45) is 10.9 Å². The molecule has 1 aromatic carbocycles. The smallest absolute Gasteiger partial charge is 0.328 e. The van der Waals surface area contributed by atoms with Gasteiger partial charge in [0.05, 0.1) is 23.6 Å². The summed E-state index contributed by atoms with van der Waals surface area (Å²) in [7, 11) is -4.07. The van der Waals surface area contributed by atoms with Crippen LogP contribution in [0.15, 0.2) is 17.1 Å². The molecule has 3 N–H and O–H groups in total. The summed E-state index contributed by atoms with van der Waals surface area (Å²) in [6.45, 7) is 1.02. The second-order valence-corrected chi connectivity index (χ2v) is 11.8. The van der Waals surface area contributed by atoms with Crippen molar-refractivity contribution in [3.8, 4) is 11.5 Å². The fourth-order valence-electron chi connectivity index (χ4n) is 4.75. The van der Waals surface area contributed by atoms with Gasteiger partial charge in [-0.2, -0.15) is 0 Å². The minimum absolute atomic E-state index is 0.0358. The molecular weight excluding hydrogens is 506 g/mol. The molecule has 3 heterocycles. The second-order valence-electron chi connectivity index (χ2n) is 8.90. The lowest BCUT2D eigenvalue weighted by Gasteiger charge is -2.35. The highest BCUT2D eigenvalue weighted by atomic mass is 35.5. The van der Waals surface area contributed by atoms with E-state index in [9.17, 15) is 42.9 Å². The van der Waals surface area contributed by atoms with Crippen LogP contribution in [0.2, 0.25) is 5.02 Å². The van der Waals surface area contributed by atoms with Gasteiger partial charge in [0.15, 0.2) is 33.2 Å². The number of carboxylic acid groups (broad SMARTS) is 1. The van der Waals surface area contributed by atoms with Gasteiger partial charge in [0, 0.05) is 25.2 Å². The first-order chi connectivity index (χ1) is 16.3. The Hall–Kier alpha value is -3.19. The summed E-state index contributed by atoms with van der Waals surface area (Å²) in [5, 5.41) is 27.3. The van der Waals surface area contributed by atoms with Crippen LogP contribution in [-0.2, 0) is 24.2 Å². The molecular formula is C21H22ClN3O9S. The molecule has 12 nitrogen and oxygen atoms in total. The van der Waals surface area contributed by atoms with Crippen LogP contribution in [0.5, 0.6) is 11.5 Å². The number of halogens is 1. The highest BCUT2D eigenvalue weighted by Crippen LogP contribution is 2.45. The van der Waals surface area contributed by atoms with E-state index in [4.69, 9.17) is 11.6 Å². The van der Waals surface area contributed by atoms with Gasteiger partial charge >= 0.3 is 5.97 Å². The van der Waals surface area contributed by atoms with Crippen LogP contribution in [-0.4, -0.2) is 99.1 Å². The molecule has 14 heteroatoms. The molecule has 1 aromatic rings. The number of aromatic hydroxyl groups is 2. The third-order valence-electron chi connectivity index (χ3n) is 6.82. The molecule has 0 aliphatic carbocycles. The summed E-state index contributed by atoms with van der Waals surface area (Å²) in [5.74, 6) is -4.65. The molecule has 0 spiro atoms. The summed E-state index contributed by atoms with van der Waals surface area (Å²) < 4.78 is 23.8. The van der Waals surface area contributed by atoms with Crippen molar-refractivity contribution in [1.29, 1.82) is 0 Å². The molecule has 3 aliphatic rings. The van der Waals surface area contributed by atoms with Crippen molar-refractivity contribution in [2.75, 3.05) is 19.6 Å². The predicted octanol–water partition coefficient (Wildman–Crippen LogP) is 0.0519. The van der Waals surface area contributed by atoms with Crippen LogP contribution in [0.25, 0.3) is 0 Å². The van der Waals surface area contributed by atoms with Crippen LogP contribution >= 0.6 is 11.6 Å². The number of hydrogen-bond acceptors (Lipinski definition) is 9. The fraction of sp³-hybridized carbons (Fsp3) is 0.476. The van der Waals surface area contributed by atoms with Crippen molar-refractivity contribution in [2.45, 2.75) is 35.9 Å². The lowest BCUT2D eigenvalue weighted by molar-refractivity contribution is -0.156. The van der Waals surface area contributed by atoms with Crippen molar-refractivity contribution in [3.63, 3.8) is 0 Å². The minimum atomic E-state index is -4.07. The highest BCUT2D eigenvalue weighted by Gasteiger charge is 2.69. The van der Waals surface area contributed by atoms with Crippen LogP contribution < -0.4 is 0 Å². The van der Waals surface area contributed by atoms with Gasteiger partial charge in [-0.3, -0.25) is 19.4 Å². The predicted molar refractivity (Wildman–Crippen MR) is 121 cm³/mol. The van der Waals surface area contributed by atoms with Gasteiger partial charge in [-0.1, -0.05) is 11.6 Å². The summed E-state index contributed by atoms with van der Waals surface area (Å²) in [5.41, 5.74) is -0.0358. The number of aliphatic imine (C=N–C) groups is 1. The maximum absolute atomic E-state index is 12.9. The average molecular weight is 528 g/mol. The van der Waals surface area contributed by atoms with Gasteiger partial charge in [0.2, 0.25) is 5.91 Å². The standard InChI is InChI=1S/C21H22ClN3O9S/c1-21(18(20(31)32)25-14(28)6-15(25)35(21,33)34)9-23-7-13(27)10-4-5-24(8-10)19(30)11-2-3-12(26)17(29)16(11)22/h2-3,9-10,15,18,26,29H,4-8H2,1H3,(H,31,32)/t10?,15-,18+,21+/m1/s1. The maximum atomic E-state index is 12.9. The zero-order valence-corrected chi connectivity index (χ0v) is 20.0. The van der Waals surface area contributed by atoms with E-state index in [0.29, 0.717) is 6.42 Å². The first-order valence-corrected chi connectivity index (χ1v) is 12.5. The molecule has 0 aromatic heterocycles. The summed E-state index contributed by atoms with van der Waals surface area (Å²) >= 11 is 5.95. The van der Waals surface area contributed by atoms with E-state index in [1.165, 1.54) is 17.9 Å². The number of β-lactam (4-membered cyclic amide) rings is 1. The number of carbonyl (C=O) groups excluding carboxylic acids is 3.